The summed E-state index contributed by atoms with van der Waals surface area (Å²) in [6, 6.07) is 6.82. The number of unbranched alkanes of at least 4 members (excludes halogenated alkanes) is 1. The van der Waals surface area contributed by atoms with Crippen LogP contribution < -0.4 is 10.6 Å². The molecule has 1 aliphatic rings. The summed E-state index contributed by atoms with van der Waals surface area (Å²) in [7, 11) is 0. The Morgan fingerprint density at radius 3 is 2.63 bits per heavy atom. The predicted octanol–water partition coefficient (Wildman–Crippen LogP) is 4.13. The van der Waals surface area contributed by atoms with Gasteiger partial charge < -0.3 is 20.6 Å². The lowest BCUT2D eigenvalue weighted by molar-refractivity contribution is -0.121. The second kappa shape index (κ2) is 11.1. The van der Waals surface area contributed by atoms with E-state index in [2.05, 4.69) is 29.4 Å². The standard InChI is InChI=1S/C21H33N3O2S/c1-3-5-8-16(4-2)15-22-21(27)24-13-11-17(12-14-24)20(26)23-18-9-6-7-10-19(18)25/h6-7,9-10,16-17,25H,3-5,8,11-15H2,1-2H3,(H,22,27)(H,23,26)/t16-/m0/s1. The van der Waals surface area contributed by atoms with Crippen LogP contribution in [0.4, 0.5) is 5.69 Å². The number of anilines is 1. The van der Waals surface area contributed by atoms with Crippen LogP contribution in [0, 0.1) is 11.8 Å². The van der Waals surface area contributed by atoms with Gasteiger partial charge in [0, 0.05) is 25.6 Å². The molecule has 0 radical (unpaired) electrons. The third-order valence-corrected chi connectivity index (χ3v) is 5.80. The van der Waals surface area contributed by atoms with E-state index in [9.17, 15) is 9.90 Å². The fourth-order valence-electron chi connectivity index (χ4n) is 3.45. The molecule has 1 aromatic rings. The van der Waals surface area contributed by atoms with Gasteiger partial charge in [0.15, 0.2) is 5.11 Å². The van der Waals surface area contributed by atoms with Crippen molar-refractivity contribution in [2.45, 2.75) is 52.4 Å². The lowest BCUT2D eigenvalue weighted by Crippen LogP contribution is -2.46. The van der Waals surface area contributed by atoms with E-state index >= 15 is 0 Å². The second-order valence-electron chi connectivity index (χ2n) is 7.37. The Morgan fingerprint density at radius 1 is 1.30 bits per heavy atom. The van der Waals surface area contributed by atoms with E-state index in [0.29, 0.717) is 11.6 Å². The number of aromatic hydroxyl groups is 1. The van der Waals surface area contributed by atoms with Gasteiger partial charge in [-0.15, -0.1) is 0 Å². The van der Waals surface area contributed by atoms with Gasteiger partial charge in [0.1, 0.15) is 5.75 Å². The van der Waals surface area contributed by atoms with Gasteiger partial charge in [0.05, 0.1) is 5.69 Å². The number of para-hydroxylation sites is 2. The molecule has 0 aliphatic carbocycles. The Labute approximate surface area is 168 Å². The second-order valence-corrected chi connectivity index (χ2v) is 7.76. The third kappa shape index (κ3) is 6.69. The number of benzene rings is 1. The highest BCUT2D eigenvalue weighted by Crippen LogP contribution is 2.25. The Morgan fingerprint density at radius 2 is 2.00 bits per heavy atom. The molecule has 1 aromatic carbocycles. The smallest absolute Gasteiger partial charge is 0.227 e. The first kappa shape index (κ1) is 21.5. The Balaban J connectivity index is 1.74. The van der Waals surface area contributed by atoms with Crippen LogP contribution in [0.3, 0.4) is 0 Å². The van der Waals surface area contributed by atoms with Crippen LogP contribution in [-0.4, -0.2) is 40.7 Å². The summed E-state index contributed by atoms with van der Waals surface area (Å²) in [5, 5.41) is 16.9. The van der Waals surface area contributed by atoms with Gasteiger partial charge in [-0.3, -0.25) is 4.79 Å². The summed E-state index contributed by atoms with van der Waals surface area (Å²) in [6.45, 7) is 6.97. The molecule has 1 atom stereocenters. The Bertz CT molecular complexity index is 615. The van der Waals surface area contributed by atoms with Crippen LogP contribution in [-0.2, 0) is 4.79 Å². The lowest BCUT2D eigenvalue weighted by atomic mass is 9.96. The molecule has 0 bridgehead atoms. The molecule has 1 heterocycles. The number of likely N-dealkylation sites (tertiary alicyclic amines) is 1. The predicted molar refractivity (Wildman–Crippen MR) is 115 cm³/mol. The summed E-state index contributed by atoms with van der Waals surface area (Å²) in [4.78, 5) is 14.6. The number of thiocarbonyl (C=S) groups is 1. The third-order valence-electron chi connectivity index (χ3n) is 5.40. The molecule has 0 unspecified atom stereocenters. The van der Waals surface area contributed by atoms with E-state index in [1.165, 1.54) is 25.7 Å². The molecule has 3 N–H and O–H groups in total. The van der Waals surface area contributed by atoms with Gasteiger partial charge in [0.25, 0.3) is 0 Å². The summed E-state index contributed by atoms with van der Waals surface area (Å²) in [5.74, 6) is 0.698. The number of amides is 1. The van der Waals surface area contributed by atoms with E-state index in [1.54, 1.807) is 24.3 Å². The van der Waals surface area contributed by atoms with Gasteiger partial charge in [0.2, 0.25) is 5.91 Å². The molecule has 6 heteroatoms. The van der Waals surface area contributed by atoms with E-state index in [1.807, 2.05) is 0 Å². The minimum atomic E-state index is -0.0448. The van der Waals surface area contributed by atoms with Crippen molar-refractivity contribution in [3.05, 3.63) is 24.3 Å². The molecule has 1 amide bonds. The number of phenolic OH excluding ortho intramolecular Hbond substituents is 1. The molecule has 1 fully saturated rings. The highest BCUT2D eigenvalue weighted by Gasteiger charge is 2.26. The first-order valence-electron chi connectivity index (χ1n) is 10.2. The van der Waals surface area contributed by atoms with E-state index in [-0.39, 0.29) is 17.6 Å². The van der Waals surface area contributed by atoms with Crippen molar-refractivity contribution in [1.82, 2.24) is 10.2 Å². The number of hydrogen-bond donors (Lipinski definition) is 3. The van der Waals surface area contributed by atoms with Gasteiger partial charge in [-0.2, -0.15) is 0 Å². The molecule has 150 valence electrons. The highest BCUT2D eigenvalue weighted by molar-refractivity contribution is 7.80. The van der Waals surface area contributed by atoms with Crippen LogP contribution in [0.25, 0.3) is 0 Å². The fraction of sp³-hybridized carbons (Fsp3) is 0.619. The van der Waals surface area contributed by atoms with Crippen LogP contribution in [0.1, 0.15) is 52.4 Å². The van der Waals surface area contributed by atoms with Gasteiger partial charge in [-0.1, -0.05) is 45.2 Å². The van der Waals surface area contributed by atoms with Crippen molar-refractivity contribution in [1.29, 1.82) is 0 Å². The van der Waals surface area contributed by atoms with Crippen LogP contribution >= 0.6 is 12.2 Å². The molecular weight excluding hydrogens is 358 g/mol. The van der Waals surface area contributed by atoms with Crippen molar-refractivity contribution in [2.75, 3.05) is 25.0 Å². The average Bonchev–Trinajstić information content (AvgIpc) is 2.69. The van der Waals surface area contributed by atoms with Crippen molar-refractivity contribution in [2.24, 2.45) is 11.8 Å². The molecule has 0 aromatic heterocycles. The Kier molecular flexibility index (Phi) is 8.85. The van der Waals surface area contributed by atoms with Crippen molar-refractivity contribution >= 4 is 28.9 Å². The van der Waals surface area contributed by atoms with Crippen LogP contribution in [0.5, 0.6) is 5.75 Å². The maximum Gasteiger partial charge on any atom is 0.227 e. The minimum Gasteiger partial charge on any atom is -0.506 e. The van der Waals surface area contributed by atoms with E-state index in [4.69, 9.17) is 12.2 Å². The number of hydrogen-bond acceptors (Lipinski definition) is 3. The first-order valence-corrected chi connectivity index (χ1v) is 10.6. The number of piperidine rings is 1. The lowest BCUT2D eigenvalue weighted by Gasteiger charge is -2.33. The summed E-state index contributed by atoms with van der Waals surface area (Å²) in [6.07, 6.45) is 6.46. The van der Waals surface area contributed by atoms with Crippen molar-refractivity contribution in [3.63, 3.8) is 0 Å². The van der Waals surface area contributed by atoms with Gasteiger partial charge in [-0.25, -0.2) is 0 Å². The van der Waals surface area contributed by atoms with Gasteiger partial charge in [-0.05, 0) is 49.5 Å². The zero-order chi connectivity index (χ0) is 19.6. The minimum absolute atomic E-state index is 0.0272. The molecule has 0 spiro atoms. The molecule has 1 aliphatic heterocycles. The number of carbonyl (C=O) groups is 1. The normalized spacial score (nSPS) is 16.0. The van der Waals surface area contributed by atoms with Crippen molar-refractivity contribution < 1.29 is 9.90 Å². The molecular formula is C21H33N3O2S. The van der Waals surface area contributed by atoms with E-state index < -0.39 is 0 Å². The molecule has 1 saturated heterocycles. The topological polar surface area (TPSA) is 64.6 Å². The molecule has 27 heavy (non-hydrogen) atoms. The zero-order valence-electron chi connectivity index (χ0n) is 16.5. The van der Waals surface area contributed by atoms with Gasteiger partial charge >= 0.3 is 0 Å². The highest BCUT2D eigenvalue weighted by atomic mass is 32.1. The SMILES string of the molecule is CCCC[C@H](CC)CNC(=S)N1CCC(C(=O)Nc2ccccc2O)CC1. The van der Waals surface area contributed by atoms with Crippen LogP contribution in [0.2, 0.25) is 0 Å². The summed E-state index contributed by atoms with van der Waals surface area (Å²) >= 11 is 5.56. The van der Waals surface area contributed by atoms with Crippen LogP contribution in [0.15, 0.2) is 24.3 Å². The summed E-state index contributed by atoms with van der Waals surface area (Å²) in [5.41, 5.74) is 0.472. The maximum atomic E-state index is 12.5. The molecule has 0 saturated carbocycles. The fourth-order valence-corrected chi connectivity index (χ4v) is 3.71. The average molecular weight is 392 g/mol. The maximum absolute atomic E-state index is 12.5. The number of phenols is 1. The number of carbonyl (C=O) groups excluding carboxylic acids is 1. The summed E-state index contributed by atoms with van der Waals surface area (Å²) < 4.78 is 0. The first-order chi connectivity index (χ1) is 13.0. The monoisotopic (exact) mass is 391 g/mol. The molecule has 5 nitrogen and oxygen atoms in total. The number of nitrogens with one attached hydrogen (secondary N) is 2. The van der Waals surface area contributed by atoms with Crippen molar-refractivity contribution in [3.8, 4) is 5.75 Å². The number of rotatable bonds is 8. The zero-order valence-corrected chi connectivity index (χ0v) is 17.4. The largest absolute Gasteiger partial charge is 0.506 e. The molecule has 2 rings (SSSR count). The quantitative estimate of drug-likeness (QED) is 0.459. The Hall–Kier alpha value is -1.82. The van der Waals surface area contributed by atoms with E-state index in [0.717, 1.165) is 37.6 Å². The number of nitrogens with zero attached hydrogens (tertiary/aromatic N) is 1.